The molecule has 0 atom stereocenters. The number of esters is 1. The quantitative estimate of drug-likeness (QED) is 0.449. The predicted molar refractivity (Wildman–Crippen MR) is 66.9 cm³/mol. The second-order valence-electron chi connectivity index (χ2n) is 3.72. The Labute approximate surface area is 102 Å². The highest BCUT2D eigenvalue weighted by Crippen LogP contribution is 2.06. The first-order chi connectivity index (χ1) is 8.24. The number of nitrogens with two attached hydrogens (primary N) is 1. The topological polar surface area (TPSA) is 61.5 Å². The largest absolute Gasteiger partial charge is 0.460 e. The lowest BCUT2D eigenvalue weighted by Crippen LogP contribution is -2.11. The first-order valence-electron chi connectivity index (χ1n) is 5.84. The molecule has 1 aromatic carbocycles. The molecule has 0 heterocycles. The molecule has 2 N–H and O–H groups in total. The molecule has 94 valence electrons. The van der Waals surface area contributed by atoms with Crippen LogP contribution in [-0.4, -0.2) is 25.8 Å². The lowest BCUT2D eigenvalue weighted by Gasteiger charge is -2.05. The average Bonchev–Trinajstić information content (AvgIpc) is 2.34. The number of unbranched alkanes of at least 4 members (excludes halogenated alkanes) is 1. The van der Waals surface area contributed by atoms with Gasteiger partial charge < -0.3 is 15.2 Å². The van der Waals surface area contributed by atoms with Crippen molar-refractivity contribution in [3.63, 3.8) is 0 Å². The molecule has 0 aliphatic rings. The highest BCUT2D eigenvalue weighted by molar-refractivity contribution is 5.89. The number of carbonyl (C=O) groups is 1. The maximum Gasteiger partial charge on any atom is 0.338 e. The van der Waals surface area contributed by atoms with E-state index in [1.165, 1.54) is 0 Å². The summed E-state index contributed by atoms with van der Waals surface area (Å²) in [5.74, 6) is -0.343. The molecular weight excluding hydrogens is 218 g/mol. The van der Waals surface area contributed by atoms with Crippen molar-refractivity contribution in [3.8, 4) is 0 Å². The molecule has 0 spiro atoms. The normalized spacial score (nSPS) is 10.2. The summed E-state index contributed by atoms with van der Waals surface area (Å²) in [5, 5.41) is 0. The number of nitrogen functional groups attached to an aromatic ring is 1. The maximum atomic E-state index is 11.5. The maximum absolute atomic E-state index is 11.5. The van der Waals surface area contributed by atoms with Gasteiger partial charge in [-0.25, -0.2) is 4.79 Å². The van der Waals surface area contributed by atoms with E-state index < -0.39 is 0 Å². The van der Waals surface area contributed by atoms with Gasteiger partial charge in [0.25, 0.3) is 0 Å². The van der Waals surface area contributed by atoms with E-state index in [-0.39, 0.29) is 12.6 Å². The molecule has 0 bridgehead atoms. The predicted octanol–water partition coefficient (Wildman–Crippen LogP) is 2.24. The van der Waals surface area contributed by atoms with Crippen LogP contribution in [0.2, 0.25) is 0 Å². The van der Waals surface area contributed by atoms with Crippen LogP contribution in [0.4, 0.5) is 5.69 Å². The minimum atomic E-state index is -0.343. The molecule has 0 fully saturated rings. The first kappa shape index (κ1) is 13.5. The molecule has 0 aliphatic carbocycles. The van der Waals surface area contributed by atoms with E-state index in [2.05, 4.69) is 6.92 Å². The van der Waals surface area contributed by atoms with Crippen molar-refractivity contribution in [1.82, 2.24) is 0 Å². The van der Waals surface area contributed by atoms with Gasteiger partial charge in [0.15, 0.2) is 0 Å². The van der Waals surface area contributed by atoms with E-state index in [0.717, 1.165) is 19.4 Å². The van der Waals surface area contributed by atoms with Crippen LogP contribution in [0.3, 0.4) is 0 Å². The van der Waals surface area contributed by atoms with Crippen molar-refractivity contribution in [2.45, 2.75) is 19.8 Å². The van der Waals surface area contributed by atoms with E-state index >= 15 is 0 Å². The van der Waals surface area contributed by atoms with Crippen LogP contribution in [0.25, 0.3) is 0 Å². The number of hydrogen-bond acceptors (Lipinski definition) is 4. The van der Waals surface area contributed by atoms with Gasteiger partial charge in [-0.1, -0.05) is 13.3 Å². The van der Waals surface area contributed by atoms with Crippen LogP contribution in [0, 0.1) is 0 Å². The molecule has 0 unspecified atom stereocenters. The van der Waals surface area contributed by atoms with Gasteiger partial charge in [-0.3, -0.25) is 0 Å². The molecule has 0 saturated heterocycles. The Morgan fingerprint density at radius 3 is 2.53 bits per heavy atom. The molecule has 0 radical (unpaired) electrons. The van der Waals surface area contributed by atoms with Gasteiger partial charge in [0.1, 0.15) is 6.61 Å². The third kappa shape index (κ3) is 5.36. The highest BCUT2D eigenvalue weighted by Gasteiger charge is 2.05. The highest BCUT2D eigenvalue weighted by atomic mass is 16.6. The molecule has 0 amide bonds. The zero-order valence-corrected chi connectivity index (χ0v) is 10.1. The molecule has 4 heteroatoms. The number of ether oxygens (including phenoxy) is 2. The molecule has 0 aliphatic heterocycles. The van der Waals surface area contributed by atoms with E-state index in [9.17, 15) is 4.79 Å². The summed E-state index contributed by atoms with van der Waals surface area (Å²) in [4.78, 5) is 11.5. The minimum Gasteiger partial charge on any atom is -0.460 e. The number of hydrogen-bond donors (Lipinski definition) is 1. The van der Waals surface area contributed by atoms with Crippen molar-refractivity contribution in [1.29, 1.82) is 0 Å². The Balaban J connectivity index is 2.19. The van der Waals surface area contributed by atoms with E-state index in [0.29, 0.717) is 17.9 Å². The van der Waals surface area contributed by atoms with Crippen LogP contribution < -0.4 is 5.73 Å². The first-order valence-corrected chi connectivity index (χ1v) is 5.84. The Morgan fingerprint density at radius 1 is 1.18 bits per heavy atom. The molecular formula is C13H19NO3. The zero-order chi connectivity index (χ0) is 12.5. The lowest BCUT2D eigenvalue weighted by molar-refractivity contribution is 0.0314. The van der Waals surface area contributed by atoms with Crippen LogP contribution in [0.1, 0.15) is 30.1 Å². The summed E-state index contributed by atoms with van der Waals surface area (Å²) < 4.78 is 10.3. The fourth-order valence-corrected chi connectivity index (χ4v) is 1.24. The third-order valence-corrected chi connectivity index (χ3v) is 2.25. The summed E-state index contributed by atoms with van der Waals surface area (Å²) in [6.07, 6.45) is 2.14. The summed E-state index contributed by atoms with van der Waals surface area (Å²) in [5.41, 5.74) is 6.66. The van der Waals surface area contributed by atoms with Crippen LogP contribution in [0.5, 0.6) is 0 Å². The van der Waals surface area contributed by atoms with Gasteiger partial charge in [0.2, 0.25) is 0 Å². The SMILES string of the molecule is CCCCOCCOC(=O)c1ccc(N)cc1. The Bertz CT molecular complexity index is 335. The smallest absolute Gasteiger partial charge is 0.338 e. The molecule has 0 aromatic heterocycles. The van der Waals surface area contributed by atoms with Crippen molar-refractivity contribution in [3.05, 3.63) is 29.8 Å². The van der Waals surface area contributed by atoms with Gasteiger partial charge >= 0.3 is 5.97 Å². The van der Waals surface area contributed by atoms with E-state index in [1.807, 2.05) is 0 Å². The van der Waals surface area contributed by atoms with Crippen molar-refractivity contribution < 1.29 is 14.3 Å². The zero-order valence-electron chi connectivity index (χ0n) is 10.1. The lowest BCUT2D eigenvalue weighted by atomic mass is 10.2. The number of carbonyl (C=O) groups excluding carboxylic acids is 1. The molecule has 0 saturated carbocycles. The Morgan fingerprint density at radius 2 is 1.88 bits per heavy atom. The third-order valence-electron chi connectivity index (χ3n) is 2.25. The van der Waals surface area contributed by atoms with Crippen LogP contribution in [0.15, 0.2) is 24.3 Å². The standard InChI is InChI=1S/C13H19NO3/c1-2-3-8-16-9-10-17-13(15)11-4-6-12(14)7-5-11/h4-7H,2-3,8-10,14H2,1H3. The molecule has 1 aromatic rings. The van der Waals surface area contributed by atoms with Crippen molar-refractivity contribution in [2.24, 2.45) is 0 Å². The van der Waals surface area contributed by atoms with Gasteiger partial charge in [-0.15, -0.1) is 0 Å². The van der Waals surface area contributed by atoms with Gasteiger partial charge in [0.05, 0.1) is 12.2 Å². The second-order valence-corrected chi connectivity index (χ2v) is 3.72. The Hall–Kier alpha value is -1.55. The monoisotopic (exact) mass is 237 g/mol. The van der Waals surface area contributed by atoms with Crippen molar-refractivity contribution >= 4 is 11.7 Å². The number of anilines is 1. The van der Waals surface area contributed by atoms with Crippen LogP contribution in [-0.2, 0) is 9.47 Å². The van der Waals surface area contributed by atoms with Gasteiger partial charge in [0, 0.05) is 12.3 Å². The minimum absolute atomic E-state index is 0.285. The number of rotatable bonds is 7. The molecule has 17 heavy (non-hydrogen) atoms. The average molecular weight is 237 g/mol. The summed E-state index contributed by atoms with van der Waals surface area (Å²) in [6, 6.07) is 6.65. The fourth-order valence-electron chi connectivity index (χ4n) is 1.24. The summed E-state index contributed by atoms with van der Waals surface area (Å²) in [6.45, 7) is 3.55. The second kappa shape index (κ2) is 7.68. The van der Waals surface area contributed by atoms with Gasteiger partial charge in [-0.2, -0.15) is 0 Å². The van der Waals surface area contributed by atoms with E-state index in [4.69, 9.17) is 15.2 Å². The van der Waals surface area contributed by atoms with E-state index in [1.54, 1.807) is 24.3 Å². The van der Waals surface area contributed by atoms with Crippen molar-refractivity contribution in [2.75, 3.05) is 25.6 Å². The molecule has 1 rings (SSSR count). The molecule has 4 nitrogen and oxygen atoms in total. The van der Waals surface area contributed by atoms with Gasteiger partial charge in [-0.05, 0) is 30.7 Å². The summed E-state index contributed by atoms with van der Waals surface area (Å²) in [7, 11) is 0. The number of benzene rings is 1. The fraction of sp³-hybridized carbons (Fsp3) is 0.462. The summed E-state index contributed by atoms with van der Waals surface area (Å²) >= 11 is 0. The van der Waals surface area contributed by atoms with Crippen LogP contribution >= 0.6 is 0 Å². The Kier molecular flexibility index (Phi) is 6.10.